The molecule has 1 aliphatic rings. The number of ether oxygens (including phenoxy) is 1. The quantitative estimate of drug-likeness (QED) is 0.336. The van der Waals surface area contributed by atoms with Crippen LogP contribution in [-0.4, -0.2) is 52.1 Å². The second-order valence-corrected chi connectivity index (χ2v) is 9.58. The van der Waals surface area contributed by atoms with Gasteiger partial charge >= 0.3 is 5.97 Å². The number of aromatic nitrogens is 2. The molecule has 0 saturated carbocycles. The summed E-state index contributed by atoms with van der Waals surface area (Å²) in [7, 11) is 1.50. The third-order valence-electron chi connectivity index (χ3n) is 6.24. The van der Waals surface area contributed by atoms with E-state index in [1.807, 2.05) is 12.1 Å². The second-order valence-electron chi connectivity index (χ2n) is 8.76. The number of likely N-dealkylation sites (N-methyl/N-ethyl adjacent to an activating group) is 1. The summed E-state index contributed by atoms with van der Waals surface area (Å²) < 4.78 is 19.5. The normalized spacial score (nSPS) is 13.9. The molecule has 1 unspecified atom stereocenters. The number of thiocarbonyl (C=S) groups is 1. The van der Waals surface area contributed by atoms with Crippen molar-refractivity contribution in [1.29, 1.82) is 0 Å². The van der Waals surface area contributed by atoms with Crippen LogP contribution in [0.1, 0.15) is 51.3 Å². The maximum absolute atomic E-state index is 14.7. The first-order chi connectivity index (χ1) is 18.3. The molecular weight excluding hydrogens is 529 g/mol. The Hall–Kier alpha value is -3.63. The largest absolute Gasteiger partial charge is 0.465 e. The minimum absolute atomic E-state index is 0.180. The van der Waals surface area contributed by atoms with Gasteiger partial charge in [0, 0.05) is 31.2 Å². The number of hydrogen-bond donors (Lipinski definition) is 2. The molecule has 11 heteroatoms. The summed E-state index contributed by atoms with van der Waals surface area (Å²) >= 11 is 12.0. The summed E-state index contributed by atoms with van der Waals surface area (Å²) in [5.41, 5.74) is 4.21. The number of fused-ring (bicyclic) bond motifs is 2. The molecule has 0 fully saturated rings. The van der Waals surface area contributed by atoms with E-state index in [9.17, 15) is 14.0 Å². The van der Waals surface area contributed by atoms with Crippen molar-refractivity contribution in [2.24, 2.45) is 0 Å². The molecule has 1 atom stereocenters. The lowest BCUT2D eigenvalue weighted by atomic mass is 9.96. The van der Waals surface area contributed by atoms with Crippen molar-refractivity contribution in [3.63, 3.8) is 0 Å². The number of hydrogen-bond acceptors (Lipinski definition) is 6. The highest BCUT2D eigenvalue weighted by Crippen LogP contribution is 2.33. The van der Waals surface area contributed by atoms with E-state index in [0.29, 0.717) is 29.2 Å². The summed E-state index contributed by atoms with van der Waals surface area (Å²) in [6.45, 7) is 1.95. The maximum atomic E-state index is 14.7. The van der Waals surface area contributed by atoms with Gasteiger partial charge in [0.2, 0.25) is 0 Å². The average Bonchev–Trinajstić information content (AvgIpc) is 3.05. The predicted molar refractivity (Wildman–Crippen MR) is 145 cm³/mol. The SMILES string of the molecule is CCOC(=O)CN(C)C(=O)c1cnc(CNC(=S)NC2c3cnccc3CCc3c(F)cccc32)c(Cl)c1. The van der Waals surface area contributed by atoms with Crippen LogP contribution in [0.15, 0.2) is 48.9 Å². The van der Waals surface area contributed by atoms with Crippen molar-refractivity contribution in [2.45, 2.75) is 32.4 Å². The number of pyridine rings is 2. The lowest BCUT2D eigenvalue weighted by Gasteiger charge is -2.23. The number of nitrogens with zero attached hydrogens (tertiary/aromatic N) is 3. The molecule has 0 saturated heterocycles. The van der Waals surface area contributed by atoms with E-state index >= 15 is 0 Å². The highest BCUT2D eigenvalue weighted by molar-refractivity contribution is 7.80. The molecule has 198 valence electrons. The van der Waals surface area contributed by atoms with Crippen LogP contribution >= 0.6 is 23.8 Å². The van der Waals surface area contributed by atoms with Crippen molar-refractivity contribution in [2.75, 3.05) is 20.2 Å². The molecule has 0 spiro atoms. The molecule has 4 rings (SSSR count). The molecule has 2 N–H and O–H groups in total. The Bertz CT molecular complexity index is 1370. The van der Waals surface area contributed by atoms with Crippen molar-refractivity contribution >= 4 is 40.8 Å². The van der Waals surface area contributed by atoms with Crippen LogP contribution in [0, 0.1) is 5.82 Å². The van der Waals surface area contributed by atoms with Gasteiger partial charge in [0.05, 0.1) is 35.5 Å². The third-order valence-corrected chi connectivity index (χ3v) is 6.83. The molecule has 2 aromatic heterocycles. The Kier molecular flexibility index (Phi) is 8.85. The summed E-state index contributed by atoms with van der Waals surface area (Å²) in [6, 6.07) is 8.12. The lowest BCUT2D eigenvalue weighted by Crippen LogP contribution is -2.38. The van der Waals surface area contributed by atoms with Crippen molar-refractivity contribution in [1.82, 2.24) is 25.5 Å². The van der Waals surface area contributed by atoms with E-state index in [-0.39, 0.29) is 42.1 Å². The van der Waals surface area contributed by atoms with Crippen LogP contribution in [0.25, 0.3) is 0 Å². The zero-order valence-corrected chi connectivity index (χ0v) is 22.5. The Balaban J connectivity index is 1.44. The van der Waals surface area contributed by atoms with Crippen LogP contribution in [0.3, 0.4) is 0 Å². The van der Waals surface area contributed by atoms with Crippen LogP contribution in [0.2, 0.25) is 5.02 Å². The van der Waals surface area contributed by atoms with Crippen molar-refractivity contribution in [3.8, 4) is 0 Å². The minimum atomic E-state index is -0.498. The zero-order valence-electron chi connectivity index (χ0n) is 21.0. The van der Waals surface area contributed by atoms with Gasteiger partial charge in [-0.05, 0) is 66.9 Å². The van der Waals surface area contributed by atoms with E-state index in [1.165, 1.54) is 30.3 Å². The molecule has 3 aromatic rings. The second kappa shape index (κ2) is 12.3. The molecule has 0 bridgehead atoms. The highest BCUT2D eigenvalue weighted by Gasteiger charge is 2.26. The van der Waals surface area contributed by atoms with E-state index in [1.54, 1.807) is 25.4 Å². The van der Waals surface area contributed by atoms with Gasteiger partial charge in [-0.15, -0.1) is 0 Å². The fraction of sp³-hybridized carbons (Fsp3) is 0.296. The van der Waals surface area contributed by atoms with Gasteiger partial charge < -0.3 is 20.3 Å². The monoisotopic (exact) mass is 555 g/mol. The van der Waals surface area contributed by atoms with E-state index in [2.05, 4.69) is 20.6 Å². The Morgan fingerprint density at radius 3 is 2.82 bits per heavy atom. The molecule has 8 nitrogen and oxygen atoms in total. The summed E-state index contributed by atoms with van der Waals surface area (Å²) in [6.07, 6.45) is 6.19. The van der Waals surface area contributed by atoms with Gasteiger partial charge in [-0.2, -0.15) is 0 Å². The van der Waals surface area contributed by atoms with Crippen molar-refractivity contribution < 1.29 is 18.7 Å². The number of amides is 1. The minimum Gasteiger partial charge on any atom is -0.465 e. The average molecular weight is 556 g/mol. The van der Waals surface area contributed by atoms with Gasteiger partial charge in [0.25, 0.3) is 5.91 Å². The van der Waals surface area contributed by atoms with Crippen LogP contribution in [0.4, 0.5) is 4.39 Å². The molecule has 1 amide bonds. The highest BCUT2D eigenvalue weighted by atomic mass is 35.5. The molecule has 1 aromatic carbocycles. The fourth-order valence-electron chi connectivity index (χ4n) is 4.37. The molecule has 2 heterocycles. The number of nitrogens with one attached hydrogen (secondary N) is 2. The number of benzene rings is 1. The number of carbonyl (C=O) groups is 2. The summed E-state index contributed by atoms with van der Waals surface area (Å²) in [5, 5.41) is 7.00. The summed E-state index contributed by atoms with van der Waals surface area (Å²) in [5.74, 6) is -1.15. The molecule has 0 aliphatic heterocycles. The summed E-state index contributed by atoms with van der Waals surface area (Å²) in [4.78, 5) is 34.1. The predicted octanol–water partition coefficient (Wildman–Crippen LogP) is 3.76. The van der Waals surface area contributed by atoms with Gasteiger partial charge in [-0.25, -0.2) is 4.39 Å². The number of carbonyl (C=O) groups excluding carboxylic acids is 2. The number of halogens is 2. The smallest absolute Gasteiger partial charge is 0.325 e. The van der Waals surface area contributed by atoms with E-state index in [0.717, 1.165) is 16.7 Å². The van der Waals surface area contributed by atoms with E-state index < -0.39 is 11.9 Å². The van der Waals surface area contributed by atoms with Crippen LogP contribution in [-0.2, 0) is 28.9 Å². The van der Waals surface area contributed by atoms with Crippen LogP contribution < -0.4 is 10.6 Å². The Labute approximate surface area is 230 Å². The first-order valence-electron chi connectivity index (χ1n) is 12.1. The first kappa shape index (κ1) is 27.4. The van der Waals surface area contributed by atoms with Gasteiger partial charge in [0.15, 0.2) is 5.11 Å². The fourth-order valence-corrected chi connectivity index (χ4v) is 4.79. The molecular formula is C27H27ClFN5O3S. The third kappa shape index (κ3) is 6.25. The lowest BCUT2D eigenvalue weighted by molar-refractivity contribution is -0.143. The molecule has 0 radical (unpaired) electrons. The molecule has 38 heavy (non-hydrogen) atoms. The van der Waals surface area contributed by atoms with Gasteiger partial charge in [-0.1, -0.05) is 23.7 Å². The Morgan fingerprint density at radius 1 is 1.24 bits per heavy atom. The zero-order chi connectivity index (χ0) is 27.2. The van der Waals surface area contributed by atoms with Crippen molar-refractivity contribution in [3.05, 3.63) is 93.3 Å². The first-order valence-corrected chi connectivity index (χ1v) is 12.9. The number of rotatable bonds is 7. The topological polar surface area (TPSA) is 96.5 Å². The number of aryl methyl sites for hydroxylation is 1. The standard InChI is InChI=1S/C27H27ClFN5O3S/c1-3-37-24(35)15-34(2)26(36)17-11-21(28)23(31-12-17)14-32-27(38)33-25-19-5-4-6-22(29)18(19)8-7-16-9-10-30-13-20(16)25/h4-6,9-13,25H,3,7-8,14-15H2,1-2H3,(H2,32,33,38). The molecule has 1 aliphatic carbocycles. The van der Waals surface area contributed by atoms with Crippen LogP contribution in [0.5, 0.6) is 0 Å². The van der Waals surface area contributed by atoms with Gasteiger partial charge in [0.1, 0.15) is 12.4 Å². The number of esters is 1. The Morgan fingerprint density at radius 2 is 2.05 bits per heavy atom. The van der Waals surface area contributed by atoms with Gasteiger partial charge in [-0.3, -0.25) is 19.6 Å². The maximum Gasteiger partial charge on any atom is 0.325 e. The van der Waals surface area contributed by atoms with E-state index in [4.69, 9.17) is 28.6 Å².